The van der Waals surface area contributed by atoms with Crippen LogP contribution in [0.15, 0.2) is 41.9 Å². The predicted octanol–water partition coefficient (Wildman–Crippen LogP) is 4.05. The van der Waals surface area contributed by atoms with Gasteiger partial charge < -0.3 is 5.32 Å². The summed E-state index contributed by atoms with van der Waals surface area (Å²) < 4.78 is 2.05. The number of benzene rings is 1. The number of imidazole rings is 1. The van der Waals surface area contributed by atoms with Gasteiger partial charge in [0.05, 0.1) is 12.1 Å². The van der Waals surface area contributed by atoms with Gasteiger partial charge in [-0.3, -0.25) is 9.20 Å². The average molecular weight is 339 g/mol. The number of rotatable bonds is 4. The molecule has 1 aromatic carbocycles. The molecule has 0 aliphatic heterocycles. The van der Waals surface area contributed by atoms with Crippen LogP contribution in [0.2, 0.25) is 0 Å². The number of hydrogen-bond donors (Lipinski definition) is 1. The first-order valence-corrected chi connectivity index (χ1v) is 9.48. The molecule has 124 valence electrons. The zero-order chi connectivity index (χ0) is 16.4. The first-order valence-electron chi connectivity index (χ1n) is 8.60. The molecule has 0 spiro atoms. The third kappa shape index (κ3) is 3.22. The highest BCUT2D eigenvalue weighted by atomic mass is 32.1. The van der Waals surface area contributed by atoms with Gasteiger partial charge in [-0.2, -0.15) is 0 Å². The highest BCUT2D eigenvalue weighted by Gasteiger charge is 2.17. The Balaban J connectivity index is 1.50. The molecule has 1 aliphatic rings. The molecule has 2 aromatic heterocycles. The summed E-state index contributed by atoms with van der Waals surface area (Å²) in [6.45, 7) is 0. The van der Waals surface area contributed by atoms with Gasteiger partial charge in [0.25, 0.3) is 0 Å². The molecule has 0 radical (unpaired) electrons. The van der Waals surface area contributed by atoms with Crippen molar-refractivity contribution in [2.24, 2.45) is 0 Å². The minimum atomic E-state index is 0.122. The monoisotopic (exact) mass is 339 g/mol. The maximum atomic E-state index is 12.4. The molecule has 0 unspecified atom stereocenters. The van der Waals surface area contributed by atoms with Gasteiger partial charge in [0.1, 0.15) is 0 Å². The molecule has 3 aromatic rings. The molecule has 1 saturated carbocycles. The summed E-state index contributed by atoms with van der Waals surface area (Å²) in [6, 6.07) is 10.5. The lowest BCUT2D eigenvalue weighted by molar-refractivity contribution is -0.121. The van der Waals surface area contributed by atoms with Crippen LogP contribution >= 0.6 is 11.3 Å². The second-order valence-electron chi connectivity index (χ2n) is 6.45. The maximum absolute atomic E-state index is 12.4. The van der Waals surface area contributed by atoms with Gasteiger partial charge in [0.15, 0.2) is 4.96 Å². The Morgan fingerprint density at radius 1 is 1.21 bits per heavy atom. The minimum Gasteiger partial charge on any atom is -0.353 e. The van der Waals surface area contributed by atoms with E-state index in [-0.39, 0.29) is 5.91 Å². The van der Waals surface area contributed by atoms with Crippen molar-refractivity contribution in [3.8, 4) is 11.3 Å². The number of fused-ring (bicyclic) bond motifs is 1. The second kappa shape index (κ2) is 6.77. The molecule has 5 heteroatoms. The molecule has 1 N–H and O–H groups in total. The molecule has 2 heterocycles. The molecular weight excluding hydrogens is 318 g/mol. The van der Waals surface area contributed by atoms with Crippen molar-refractivity contribution in [3.63, 3.8) is 0 Å². The van der Waals surface area contributed by atoms with E-state index in [1.165, 1.54) is 19.3 Å². The highest BCUT2D eigenvalue weighted by molar-refractivity contribution is 7.15. The number of nitrogens with zero attached hydrogens (tertiary/aromatic N) is 2. The van der Waals surface area contributed by atoms with E-state index in [4.69, 9.17) is 0 Å². The number of hydrogen-bond acceptors (Lipinski definition) is 3. The van der Waals surface area contributed by atoms with Crippen molar-refractivity contribution >= 4 is 22.2 Å². The minimum absolute atomic E-state index is 0.122. The largest absolute Gasteiger partial charge is 0.353 e. The van der Waals surface area contributed by atoms with Crippen LogP contribution in [0.3, 0.4) is 0 Å². The summed E-state index contributed by atoms with van der Waals surface area (Å²) in [7, 11) is 0. The van der Waals surface area contributed by atoms with Crippen molar-refractivity contribution in [3.05, 3.63) is 47.6 Å². The van der Waals surface area contributed by atoms with Crippen molar-refractivity contribution in [1.82, 2.24) is 14.7 Å². The van der Waals surface area contributed by atoms with Crippen molar-refractivity contribution in [1.29, 1.82) is 0 Å². The molecule has 0 saturated heterocycles. The van der Waals surface area contributed by atoms with Crippen LogP contribution < -0.4 is 5.32 Å². The molecule has 1 aliphatic carbocycles. The number of carbonyl (C=O) groups is 1. The second-order valence-corrected chi connectivity index (χ2v) is 7.29. The van der Waals surface area contributed by atoms with E-state index in [9.17, 15) is 4.79 Å². The molecule has 4 nitrogen and oxygen atoms in total. The van der Waals surface area contributed by atoms with Crippen molar-refractivity contribution in [2.75, 3.05) is 0 Å². The number of nitrogens with one attached hydrogen (secondary N) is 1. The summed E-state index contributed by atoms with van der Waals surface area (Å²) in [5.41, 5.74) is 3.07. The summed E-state index contributed by atoms with van der Waals surface area (Å²) >= 11 is 1.59. The van der Waals surface area contributed by atoms with Crippen molar-refractivity contribution in [2.45, 2.75) is 44.6 Å². The molecular formula is C19H21N3OS. The topological polar surface area (TPSA) is 46.4 Å². The fraction of sp³-hybridized carbons (Fsp3) is 0.368. The zero-order valence-electron chi connectivity index (χ0n) is 13.6. The fourth-order valence-corrected chi connectivity index (χ4v) is 4.27. The molecule has 0 bridgehead atoms. The lowest BCUT2D eigenvalue weighted by atomic mass is 9.95. The number of amides is 1. The van der Waals surface area contributed by atoms with Crippen LogP contribution in [0.1, 0.15) is 37.8 Å². The van der Waals surface area contributed by atoms with Gasteiger partial charge in [0.2, 0.25) is 5.91 Å². The van der Waals surface area contributed by atoms with Crippen LogP contribution in [0.5, 0.6) is 0 Å². The third-order valence-corrected chi connectivity index (χ3v) is 5.55. The number of thiazole rings is 1. The Morgan fingerprint density at radius 2 is 2.00 bits per heavy atom. The van der Waals surface area contributed by atoms with Crippen LogP contribution in [0, 0.1) is 0 Å². The first kappa shape index (κ1) is 15.4. The summed E-state index contributed by atoms with van der Waals surface area (Å²) in [5, 5.41) is 5.23. The lowest BCUT2D eigenvalue weighted by Gasteiger charge is -2.22. The van der Waals surface area contributed by atoms with E-state index >= 15 is 0 Å². The quantitative estimate of drug-likeness (QED) is 0.779. The van der Waals surface area contributed by atoms with Gasteiger partial charge in [-0.1, -0.05) is 49.6 Å². The third-order valence-electron chi connectivity index (χ3n) is 4.66. The van der Waals surface area contributed by atoms with Gasteiger partial charge in [0, 0.05) is 28.9 Å². The van der Waals surface area contributed by atoms with Gasteiger partial charge in [-0.15, -0.1) is 11.3 Å². The summed E-state index contributed by atoms with van der Waals surface area (Å²) in [6.07, 6.45) is 8.45. The van der Waals surface area contributed by atoms with E-state index in [1.807, 2.05) is 34.2 Å². The Kier molecular flexibility index (Phi) is 4.34. The number of carbonyl (C=O) groups excluding carboxylic acids is 1. The molecule has 1 amide bonds. The van der Waals surface area contributed by atoms with Gasteiger partial charge >= 0.3 is 0 Å². The standard InChI is InChI=1S/C19H21N3OS/c23-18(20-15-9-5-2-6-10-15)11-16-13-24-19-21-17(12-22(16)19)14-7-3-1-4-8-14/h1,3-4,7-8,12-13,15H,2,5-6,9-11H2,(H,20,23). The summed E-state index contributed by atoms with van der Waals surface area (Å²) in [5.74, 6) is 0.122. The zero-order valence-corrected chi connectivity index (χ0v) is 14.4. The van der Waals surface area contributed by atoms with E-state index in [0.29, 0.717) is 12.5 Å². The van der Waals surface area contributed by atoms with Crippen LogP contribution in [0.25, 0.3) is 16.2 Å². The van der Waals surface area contributed by atoms with Crippen LogP contribution in [-0.4, -0.2) is 21.3 Å². The Morgan fingerprint density at radius 3 is 2.79 bits per heavy atom. The lowest BCUT2D eigenvalue weighted by Crippen LogP contribution is -2.37. The Labute approximate surface area is 145 Å². The Bertz CT molecular complexity index is 831. The maximum Gasteiger partial charge on any atom is 0.226 e. The summed E-state index contributed by atoms with van der Waals surface area (Å²) in [4.78, 5) is 18.0. The highest BCUT2D eigenvalue weighted by Crippen LogP contribution is 2.24. The van der Waals surface area contributed by atoms with Gasteiger partial charge in [-0.05, 0) is 12.8 Å². The average Bonchev–Trinajstić information content (AvgIpc) is 3.19. The SMILES string of the molecule is O=C(Cc1csc2nc(-c3ccccc3)cn12)NC1CCCCC1. The van der Waals surface area contributed by atoms with E-state index in [0.717, 1.165) is 34.8 Å². The van der Waals surface area contributed by atoms with E-state index < -0.39 is 0 Å². The first-order chi connectivity index (χ1) is 11.8. The molecule has 1 fully saturated rings. The molecule has 4 rings (SSSR count). The van der Waals surface area contributed by atoms with Gasteiger partial charge in [-0.25, -0.2) is 4.98 Å². The predicted molar refractivity (Wildman–Crippen MR) is 97.2 cm³/mol. The number of aromatic nitrogens is 2. The smallest absolute Gasteiger partial charge is 0.226 e. The molecule has 0 atom stereocenters. The fourth-order valence-electron chi connectivity index (χ4n) is 3.39. The normalized spacial score (nSPS) is 15.7. The van der Waals surface area contributed by atoms with E-state index in [2.05, 4.69) is 22.4 Å². The molecule has 24 heavy (non-hydrogen) atoms. The van der Waals surface area contributed by atoms with E-state index in [1.54, 1.807) is 11.3 Å². The van der Waals surface area contributed by atoms with Crippen molar-refractivity contribution < 1.29 is 4.79 Å². The van der Waals surface area contributed by atoms with Crippen LogP contribution in [-0.2, 0) is 11.2 Å². The Hall–Kier alpha value is -2.14. The van der Waals surface area contributed by atoms with Crippen LogP contribution in [0.4, 0.5) is 0 Å².